The highest BCUT2D eigenvalue weighted by Gasteiger charge is 2.25. The fraction of sp³-hybridized carbons (Fsp3) is 0.316. The van der Waals surface area contributed by atoms with Crippen molar-refractivity contribution in [3.63, 3.8) is 0 Å². The van der Waals surface area contributed by atoms with Gasteiger partial charge in [0.2, 0.25) is 0 Å². The van der Waals surface area contributed by atoms with Crippen molar-refractivity contribution in [2.75, 3.05) is 18.0 Å². The van der Waals surface area contributed by atoms with E-state index in [9.17, 15) is 9.59 Å². The smallest absolute Gasteiger partial charge is 0.269 e. The molecule has 2 aromatic rings. The van der Waals surface area contributed by atoms with Gasteiger partial charge in [0.25, 0.3) is 11.8 Å². The first kappa shape index (κ1) is 16.2. The average molecular weight is 323 g/mol. The standard InChI is InChI=1S/C19H21N3O2/c1-13(2)12-21-18(23)16-11-15(7-9-20-16)19(24)22-10-8-14-5-3-4-6-17(14)22/h3-7,9,11,13H,8,10,12H2,1-2H3,(H,21,23). The molecular formula is C19H21N3O2. The molecule has 0 fully saturated rings. The Morgan fingerprint density at radius 2 is 2.04 bits per heavy atom. The van der Waals surface area contributed by atoms with Crippen molar-refractivity contribution in [2.45, 2.75) is 20.3 Å². The lowest BCUT2D eigenvalue weighted by Gasteiger charge is -2.17. The van der Waals surface area contributed by atoms with Crippen LogP contribution in [-0.2, 0) is 6.42 Å². The number of hydrogen-bond acceptors (Lipinski definition) is 3. The number of fused-ring (bicyclic) bond motifs is 1. The summed E-state index contributed by atoms with van der Waals surface area (Å²) >= 11 is 0. The highest BCUT2D eigenvalue weighted by molar-refractivity contribution is 6.08. The van der Waals surface area contributed by atoms with Gasteiger partial charge in [-0.05, 0) is 36.1 Å². The summed E-state index contributed by atoms with van der Waals surface area (Å²) in [6, 6.07) is 11.1. The summed E-state index contributed by atoms with van der Waals surface area (Å²) in [6.07, 6.45) is 2.37. The van der Waals surface area contributed by atoms with E-state index >= 15 is 0 Å². The van der Waals surface area contributed by atoms with Crippen molar-refractivity contribution >= 4 is 17.5 Å². The number of benzene rings is 1. The summed E-state index contributed by atoms with van der Waals surface area (Å²) in [4.78, 5) is 30.8. The number of nitrogens with one attached hydrogen (secondary N) is 1. The summed E-state index contributed by atoms with van der Waals surface area (Å²) in [6.45, 7) is 5.30. The van der Waals surface area contributed by atoms with E-state index in [0.29, 0.717) is 24.6 Å². The molecule has 0 saturated carbocycles. The molecule has 0 atom stereocenters. The Bertz CT molecular complexity index is 771. The molecule has 0 aliphatic carbocycles. The number of amides is 2. The minimum Gasteiger partial charge on any atom is -0.350 e. The van der Waals surface area contributed by atoms with E-state index in [1.807, 2.05) is 38.1 Å². The molecule has 5 heteroatoms. The fourth-order valence-corrected chi connectivity index (χ4v) is 2.78. The van der Waals surface area contributed by atoms with Gasteiger partial charge in [-0.3, -0.25) is 14.6 Å². The van der Waals surface area contributed by atoms with Crippen LogP contribution in [0.15, 0.2) is 42.6 Å². The lowest BCUT2D eigenvalue weighted by Crippen LogP contribution is -2.30. The number of carbonyl (C=O) groups excluding carboxylic acids is 2. The molecule has 2 heterocycles. The Balaban J connectivity index is 1.79. The highest BCUT2D eigenvalue weighted by atomic mass is 16.2. The molecule has 1 N–H and O–H groups in total. The van der Waals surface area contributed by atoms with Gasteiger partial charge in [-0.15, -0.1) is 0 Å². The predicted molar refractivity (Wildman–Crippen MR) is 93.2 cm³/mol. The molecule has 0 bridgehead atoms. The maximum Gasteiger partial charge on any atom is 0.269 e. The third kappa shape index (κ3) is 3.30. The maximum atomic E-state index is 12.8. The van der Waals surface area contributed by atoms with Gasteiger partial charge >= 0.3 is 0 Å². The van der Waals surface area contributed by atoms with Crippen LogP contribution >= 0.6 is 0 Å². The van der Waals surface area contributed by atoms with Gasteiger partial charge in [-0.2, -0.15) is 0 Å². The van der Waals surface area contributed by atoms with Crippen LogP contribution < -0.4 is 10.2 Å². The Morgan fingerprint density at radius 1 is 1.25 bits per heavy atom. The van der Waals surface area contributed by atoms with Crippen LogP contribution in [0.2, 0.25) is 0 Å². The van der Waals surface area contributed by atoms with E-state index in [1.54, 1.807) is 17.0 Å². The molecule has 124 valence electrons. The van der Waals surface area contributed by atoms with E-state index in [4.69, 9.17) is 0 Å². The molecule has 0 unspecified atom stereocenters. The third-order valence-electron chi connectivity index (χ3n) is 4.04. The van der Waals surface area contributed by atoms with Crippen LogP contribution in [0.4, 0.5) is 5.69 Å². The van der Waals surface area contributed by atoms with Gasteiger partial charge in [0, 0.05) is 30.5 Å². The first-order chi connectivity index (χ1) is 11.6. The summed E-state index contributed by atoms with van der Waals surface area (Å²) in [5, 5.41) is 2.82. The van der Waals surface area contributed by atoms with E-state index < -0.39 is 0 Å². The summed E-state index contributed by atoms with van der Waals surface area (Å²) < 4.78 is 0. The van der Waals surface area contributed by atoms with E-state index in [-0.39, 0.29) is 17.5 Å². The average Bonchev–Trinajstić information content (AvgIpc) is 3.03. The summed E-state index contributed by atoms with van der Waals surface area (Å²) in [5.41, 5.74) is 2.88. The van der Waals surface area contributed by atoms with Gasteiger partial charge in [0.15, 0.2) is 0 Å². The zero-order valence-electron chi connectivity index (χ0n) is 14.0. The topological polar surface area (TPSA) is 62.3 Å². The number of pyridine rings is 1. The van der Waals surface area contributed by atoms with Crippen molar-refractivity contribution in [1.82, 2.24) is 10.3 Å². The molecular weight excluding hydrogens is 302 g/mol. The van der Waals surface area contributed by atoms with Gasteiger partial charge in [0.05, 0.1) is 0 Å². The first-order valence-corrected chi connectivity index (χ1v) is 8.20. The van der Waals surface area contributed by atoms with E-state index in [1.165, 1.54) is 11.8 Å². The number of para-hydroxylation sites is 1. The maximum absolute atomic E-state index is 12.8. The number of aromatic nitrogens is 1. The molecule has 24 heavy (non-hydrogen) atoms. The van der Waals surface area contributed by atoms with Crippen molar-refractivity contribution in [3.8, 4) is 0 Å². The number of anilines is 1. The van der Waals surface area contributed by atoms with Gasteiger partial charge in [-0.1, -0.05) is 32.0 Å². The number of carbonyl (C=O) groups is 2. The predicted octanol–water partition coefficient (Wildman–Crippen LogP) is 2.67. The molecule has 3 rings (SSSR count). The van der Waals surface area contributed by atoms with Crippen LogP contribution in [0, 0.1) is 5.92 Å². The molecule has 0 spiro atoms. The lowest BCUT2D eigenvalue weighted by atomic mass is 10.1. The molecule has 1 aromatic heterocycles. The Morgan fingerprint density at radius 3 is 2.83 bits per heavy atom. The zero-order valence-corrected chi connectivity index (χ0v) is 14.0. The van der Waals surface area contributed by atoms with Crippen LogP contribution in [0.1, 0.15) is 40.3 Å². The third-order valence-corrected chi connectivity index (χ3v) is 4.04. The van der Waals surface area contributed by atoms with Crippen LogP contribution in [-0.4, -0.2) is 29.9 Å². The van der Waals surface area contributed by atoms with Gasteiger partial charge < -0.3 is 10.2 Å². The SMILES string of the molecule is CC(C)CNC(=O)c1cc(C(=O)N2CCc3ccccc32)ccn1. The second kappa shape index (κ2) is 6.83. The molecule has 1 aliphatic rings. The second-order valence-corrected chi connectivity index (χ2v) is 6.37. The fourth-order valence-electron chi connectivity index (χ4n) is 2.78. The highest BCUT2D eigenvalue weighted by Crippen LogP contribution is 2.28. The largest absolute Gasteiger partial charge is 0.350 e. The zero-order chi connectivity index (χ0) is 17.1. The summed E-state index contributed by atoms with van der Waals surface area (Å²) in [5.74, 6) is 0.0142. The van der Waals surface area contributed by atoms with Gasteiger partial charge in [0.1, 0.15) is 5.69 Å². The Kier molecular flexibility index (Phi) is 4.60. The monoisotopic (exact) mass is 323 g/mol. The lowest BCUT2D eigenvalue weighted by molar-refractivity contribution is 0.0944. The second-order valence-electron chi connectivity index (χ2n) is 6.37. The van der Waals surface area contributed by atoms with Crippen molar-refractivity contribution in [1.29, 1.82) is 0 Å². The number of nitrogens with zero attached hydrogens (tertiary/aromatic N) is 2. The Hall–Kier alpha value is -2.69. The van der Waals surface area contributed by atoms with Gasteiger partial charge in [-0.25, -0.2) is 0 Å². The molecule has 5 nitrogen and oxygen atoms in total. The van der Waals surface area contributed by atoms with Crippen LogP contribution in [0.3, 0.4) is 0 Å². The van der Waals surface area contributed by atoms with Crippen molar-refractivity contribution in [2.24, 2.45) is 5.92 Å². The summed E-state index contributed by atoms with van der Waals surface area (Å²) in [7, 11) is 0. The van der Waals surface area contributed by atoms with Crippen LogP contribution in [0.5, 0.6) is 0 Å². The molecule has 2 amide bonds. The normalized spacial score (nSPS) is 13.0. The Labute approximate surface area is 141 Å². The quantitative estimate of drug-likeness (QED) is 0.941. The van der Waals surface area contributed by atoms with E-state index in [0.717, 1.165) is 12.1 Å². The molecule has 1 aliphatic heterocycles. The van der Waals surface area contributed by atoms with E-state index in [2.05, 4.69) is 10.3 Å². The number of rotatable bonds is 4. The molecule has 1 aromatic carbocycles. The minimum absolute atomic E-state index is 0.0970. The number of hydrogen-bond donors (Lipinski definition) is 1. The molecule has 0 radical (unpaired) electrons. The molecule has 0 saturated heterocycles. The minimum atomic E-state index is -0.250. The first-order valence-electron chi connectivity index (χ1n) is 8.20. The van der Waals surface area contributed by atoms with Crippen molar-refractivity contribution < 1.29 is 9.59 Å². The van der Waals surface area contributed by atoms with Crippen LogP contribution in [0.25, 0.3) is 0 Å². The van der Waals surface area contributed by atoms with Crippen molar-refractivity contribution in [3.05, 3.63) is 59.4 Å².